The molecule has 3 rings (SSSR count). The fraction of sp³-hybridized carbons (Fsp3) is 0.231. The van der Waals surface area contributed by atoms with E-state index >= 15 is 0 Å². The van der Waals surface area contributed by atoms with Crippen LogP contribution in [0.4, 0.5) is 5.69 Å². The van der Waals surface area contributed by atoms with E-state index in [1.807, 2.05) is 18.3 Å². The predicted molar refractivity (Wildman–Crippen MR) is 66.7 cm³/mol. The molecule has 1 aromatic heterocycles. The molecule has 0 amide bonds. The zero-order valence-corrected chi connectivity index (χ0v) is 9.73. The summed E-state index contributed by atoms with van der Waals surface area (Å²) in [5, 5.41) is 1.06. The molecule has 86 valence electrons. The monoisotopic (exact) mass is 228 g/mol. The zero-order chi connectivity index (χ0) is 11.8. The number of hydrogen-bond donors (Lipinski definition) is 0. The second-order valence-electron chi connectivity index (χ2n) is 3.84. The highest BCUT2D eigenvalue weighted by Gasteiger charge is 2.18. The molecule has 0 fully saturated rings. The Hall–Kier alpha value is -2.10. The summed E-state index contributed by atoms with van der Waals surface area (Å²) >= 11 is 0. The van der Waals surface area contributed by atoms with Crippen molar-refractivity contribution in [2.45, 2.75) is 6.42 Å². The molecule has 1 aliphatic heterocycles. The fourth-order valence-electron chi connectivity index (χ4n) is 2.21. The Labute approximate surface area is 98.9 Å². The molecule has 0 N–H and O–H groups in total. The van der Waals surface area contributed by atoms with Gasteiger partial charge in [0, 0.05) is 24.2 Å². The lowest BCUT2D eigenvalue weighted by atomic mass is 10.0. The van der Waals surface area contributed by atoms with Gasteiger partial charge >= 0.3 is 0 Å². The Bertz CT molecular complexity index is 620. The Balaban J connectivity index is 2.46. The smallest absolute Gasteiger partial charge is 0.187 e. The van der Waals surface area contributed by atoms with E-state index in [0.29, 0.717) is 5.75 Å². The summed E-state index contributed by atoms with van der Waals surface area (Å²) in [5.41, 5.74) is 2.93. The van der Waals surface area contributed by atoms with Gasteiger partial charge < -0.3 is 9.47 Å². The van der Waals surface area contributed by atoms with Crippen molar-refractivity contribution >= 4 is 22.8 Å². The summed E-state index contributed by atoms with van der Waals surface area (Å²) in [6.45, 7) is 0. The van der Waals surface area contributed by atoms with Crippen molar-refractivity contribution in [2.24, 2.45) is 4.99 Å². The number of benzene rings is 1. The van der Waals surface area contributed by atoms with Crippen LogP contribution < -0.4 is 9.47 Å². The van der Waals surface area contributed by atoms with Gasteiger partial charge in [0.25, 0.3) is 0 Å². The summed E-state index contributed by atoms with van der Waals surface area (Å²) in [6, 6.07) is 3.91. The molecule has 17 heavy (non-hydrogen) atoms. The Morgan fingerprint density at radius 1 is 1.24 bits per heavy atom. The maximum atomic E-state index is 5.39. The van der Waals surface area contributed by atoms with Crippen molar-refractivity contribution in [3.05, 3.63) is 23.9 Å². The molecule has 2 aromatic rings. The van der Waals surface area contributed by atoms with E-state index in [4.69, 9.17) is 9.47 Å². The molecular weight excluding hydrogens is 216 g/mol. The van der Waals surface area contributed by atoms with Crippen molar-refractivity contribution in [1.29, 1.82) is 0 Å². The van der Waals surface area contributed by atoms with Gasteiger partial charge in [0.2, 0.25) is 0 Å². The molecule has 0 radical (unpaired) electrons. The molecule has 0 aliphatic carbocycles. The summed E-state index contributed by atoms with van der Waals surface area (Å²) in [7, 11) is 3.26. The maximum absolute atomic E-state index is 5.39. The Kier molecular flexibility index (Phi) is 2.21. The average molecular weight is 228 g/mol. The SMILES string of the molecule is COc1cc2c3c(ccnc3c1OC)N=CC2. The number of aliphatic imine (C=N–C) groups is 1. The first-order valence-electron chi connectivity index (χ1n) is 5.40. The second-order valence-corrected chi connectivity index (χ2v) is 3.84. The van der Waals surface area contributed by atoms with E-state index in [1.54, 1.807) is 20.4 Å². The van der Waals surface area contributed by atoms with E-state index < -0.39 is 0 Å². The van der Waals surface area contributed by atoms with Gasteiger partial charge in [0.05, 0.1) is 19.9 Å². The average Bonchev–Trinajstić information content (AvgIpc) is 2.39. The van der Waals surface area contributed by atoms with Crippen LogP contribution in [0.15, 0.2) is 23.3 Å². The van der Waals surface area contributed by atoms with Crippen molar-refractivity contribution in [3.63, 3.8) is 0 Å². The molecule has 0 saturated carbocycles. The molecule has 0 saturated heterocycles. The third-order valence-corrected chi connectivity index (χ3v) is 2.96. The largest absolute Gasteiger partial charge is 0.493 e. The Morgan fingerprint density at radius 2 is 2.12 bits per heavy atom. The van der Waals surface area contributed by atoms with Crippen LogP contribution in [0.3, 0.4) is 0 Å². The van der Waals surface area contributed by atoms with Crippen molar-refractivity contribution in [2.75, 3.05) is 14.2 Å². The minimum absolute atomic E-state index is 0.671. The first kappa shape index (κ1) is 10.1. The molecule has 1 aliphatic rings. The third-order valence-electron chi connectivity index (χ3n) is 2.96. The number of rotatable bonds is 2. The number of pyridine rings is 1. The number of methoxy groups -OCH3 is 2. The van der Waals surface area contributed by atoms with Crippen LogP contribution in [0.2, 0.25) is 0 Å². The van der Waals surface area contributed by atoms with Gasteiger partial charge in [-0.15, -0.1) is 0 Å². The van der Waals surface area contributed by atoms with Gasteiger partial charge in [0.15, 0.2) is 11.5 Å². The third kappa shape index (κ3) is 1.37. The highest BCUT2D eigenvalue weighted by atomic mass is 16.5. The predicted octanol–water partition coefficient (Wildman–Crippen LogP) is 2.51. The highest BCUT2D eigenvalue weighted by molar-refractivity contribution is 6.01. The van der Waals surface area contributed by atoms with Gasteiger partial charge in [0.1, 0.15) is 5.52 Å². The van der Waals surface area contributed by atoms with Gasteiger partial charge in [-0.25, -0.2) is 0 Å². The number of hydrogen-bond acceptors (Lipinski definition) is 4. The number of nitrogens with zero attached hydrogens (tertiary/aromatic N) is 2. The molecule has 0 spiro atoms. The van der Waals surface area contributed by atoms with Crippen LogP contribution in [0.5, 0.6) is 11.5 Å². The van der Waals surface area contributed by atoms with Gasteiger partial charge in [-0.05, 0) is 17.7 Å². The minimum Gasteiger partial charge on any atom is -0.493 e. The first-order chi connectivity index (χ1) is 8.35. The highest BCUT2D eigenvalue weighted by Crippen LogP contribution is 2.41. The summed E-state index contributed by atoms with van der Waals surface area (Å²) in [4.78, 5) is 8.77. The van der Waals surface area contributed by atoms with E-state index in [-0.39, 0.29) is 0 Å². The van der Waals surface area contributed by atoms with E-state index in [0.717, 1.165) is 28.8 Å². The van der Waals surface area contributed by atoms with Crippen LogP contribution in [-0.4, -0.2) is 25.4 Å². The lowest BCUT2D eigenvalue weighted by Crippen LogP contribution is -2.00. The summed E-state index contributed by atoms with van der Waals surface area (Å²) < 4.78 is 10.7. The van der Waals surface area contributed by atoms with Crippen LogP contribution in [-0.2, 0) is 6.42 Å². The number of ether oxygens (including phenoxy) is 2. The summed E-state index contributed by atoms with van der Waals surface area (Å²) in [6.07, 6.45) is 4.45. The quantitative estimate of drug-likeness (QED) is 0.793. The molecular formula is C13H12N2O2. The van der Waals surface area contributed by atoms with Gasteiger partial charge in [-0.2, -0.15) is 0 Å². The zero-order valence-electron chi connectivity index (χ0n) is 9.73. The van der Waals surface area contributed by atoms with Crippen molar-refractivity contribution in [3.8, 4) is 11.5 Å². The first-order valence-corrected chi connectivity index (χ1v) is 5.40. The molecule has 4 heteroatoms. The van der Waals surface area contributed by atoms with E-state index in [9.17, 15) is 0 Å². The summed E-state index contributed by atoms with van der Waals surface area (Å²) in [5.74, 6) is 1.39. The molecule has 0 atom stereocenters. The number of aromatic nitrogens is 1. The van der Waals surface area contributed by atoms with Crippen LogP contribution in [0.1, 0.15) is 5.56 Å². The van der Waals surface area contributed by atoms with Gasteiger partial charge in [-0.1, -0.05) is 0 Å². The maximum Gasteiger partial charge on any atom is 0.187 e. The fourth-order valence-corrected chi connectivity index (χ4v) is 2.21. The molecule has 0 bridgehead atoms. The molecule has 2 heterocycles. The standard InChI is InChI=1S/C13H12N2O2/c1-16-10-7-8-3-5-14-9-4-6-15-12(11(8)9)13(10)17-2/h4-7H,3H2,1-2H3. The lowest BCUT2D eigenvalue weighted by Gasteiger charge is -2.16. The molecule has 0 unspecified atom stereocenters. The topological polar surface area (TPSA) is 43.7 Å². The van der Waals surface area contributed by atoms with Crippen molar-refractivity contribution < 1.29 is 9.47 Å². The second kappa shape index (κ2) is 3.73. The Morgan fingerprint density at radius 3 is 2.88 bits per heavy atom. The van der Waals surface area contributed by atoms with Gasteiger partial charge in [-0.3, -0.25) is 9.98 Å². The molecule has 4 nitrogen and oxygen atoms in total. The lowest BCUT2D eigenvalue weighted by molar-refractivity contribution is 0.357. The van der Waals surface area contributed by atoms with Crippen LogP contribution in [0, 0.1) is 0 Å². The van der Waals surface area contributed by atoms with E-state index in [2.05, 4.69) is 9.98 Å². The van der Waals surface area contributed by atoms with Crippen molar-refractivity contribution in [1.82, 2.24) is 4.98 Å². The molecule has 1 aromatic carbocycles. The van der Waals surface area contributed by atoms with E-state index in [1.165, 1.54) is 5.56 Å². The van der Waals surface area contributed by atoms with Crippen LogP contribution >= 0.6 is 0 Å². The normalized spacial score (nSPS) is 12.8. The van der Waals surface area contributed by atoms with Crippen LogP contribution in [0.25, 0.3) is 10.9 Å². The minimum atomic E-state index is 0.671.